The molecule has 7 heteroatoms. The number of halogens is 1. The fraction of sp³-hybridized carbons (Fsp3) is 0.316. The number of non-ortho nitro benzene ring substituents is 1. The molecule has 0 aliphatic rings. The molecule has 0 aliphatic heterocycles. The van der Waals surface area contributed by atoms with Crippen molar-refractivity contribution in [3.8, 4) is 5.75 Å². The van der Waals surface area contributed by atoms with Gasteiger partial charge in [0.1, 0.15) is 5.75 Å². The van der Waals surface area contributed by atoms with Crippen molar-refractivity contribution in [1.82, 2.24) is 0 Å². The van der Waals surface area contributed by atoms with Crippen molar-refractivity contribution in [2.24, 2.45) is 0 Å². The molecule has 2 aromatic carbocycles. The predicted octanol–water partition coefficient (Wildman–Crippen LogP) is 5.06. The zero-order valence-corrected chi connectivity index (χ0v) is 16.7. The van der Waals surface area contributed by atoms with Crippen LogP contribution >= 0.6 is 15.9 Å². The molecule has 0 aromatic heterocycles. The van der Waals surface area contributed by atoms with Crippen molar-refractivity contribution < 1.29 is 14.5 Å². The highest BCUT2D eigenvalue weighted by molar-refractivity contribution is 9.10. The van der Waals surface area contributed by atoms with E-state index in [1.54, 1.807) is 6.92 Å². The third-order valence-electron chi connectivity index (χ3n) is 3.79. The lowest BCUT2D eigenvalue weighted by atomic mass is 9.86. The number of nitrogens with one attached hydrogen (secondary N) is 1. The summed E-state index contributed by atoms with van der Waals surface area (Å²) in [6.45, 7) is 7.89. The highest BCUT2D eigenvalue weighted by Gasteiger charge is 2.22. The van der Waals surface area contributed by atoms with E-state index in [9.17, 15) is 14.9 Å². The predicted molar refractivity (Wildman–Crippen MR) is 105 cm³/mol. The minimum atomic E-state index is -0.736. The van der Waals surface area contributed by atoms with Crippen molar-refractivity contribution in [2.75, 3.05) is 5.32 Å². The number of nitrogens with zero attached hydrogens (tertiary/aromatic N) is 1. The van der Waals surface area contributed by atoms with Gasteiger partial charge in [-0.25, -0.2) is 0 Å². The second kappa shape index (κ2) is 7.86. The molecule has 0 saturated heterocycles. The van der Waals surface area contributed by atoms with Gasteiger partial charge in [0.15, 0.2) is 6.10 Å². The average Bonchev–Trinajstić information content (AvgIpc) is 2.55. The molecule has 0 saturated carbocycles. The van der Waals surface area contributed by atoms with E-state index in [1.165, 1.54) is 18.2 Å². The molecular weight excluding hydrogens is 400 g/mol. The number of anilines is 1. The van der Waals surface area contributed by atoms with Crippen LogP contribution in [0.3, 0.4) is 0 Å². The number of ether oxygens (including phenoxy) is 1. The van der Waals surface area contributed by atoms with Crippen LogP contribution in [0.1, 0.15) is 33.3 Å². The maximum Gasteiger partial charge on any atom is 0.270 e. The van der Waals surface area contributed by atoms with Gasteiger partial charge >= 0.3 is 0 Å². The smallest absolute Gasteiger partial charge is 0.270 e. The van der Waals surface area contributed by atoms with Crippen LogP contribution in [0.5, 0.6) is 5.75 Å². The Kier molecular flexibility index (Phi) is 6.02. The minimum Gasteiger partial charge on any atom is -0.481 e. The number of benzene rings is 2. The van der Waals surface area contributed by atoms with E-state index in [0.717, 1.165) is 5.56 Å². The fourth-order valence-electron chi connectivity index (χ4n) is 2.39. The first kappa shape index (κ1) is 19.9. The van der Waals surface area contributed by atoms with Crippen molar-refractivity contribution >= 4 is 33.2 Å². The van der Waals surface area contributed by atoms with Crippen LogP contribution in [0.25, 0.3) is 0 Å². The standard InChI is InChI=1S/C19H21BrN2O4/c1-12(26-17-8-6-5-7-14(17)19(2,3)4)18(23)21-16-10-9-13(22(24)25)11-15(16)20/h5-12H,1-4H3,(H,21,23). The zero-order valence-electron chi connectivity index (χ0n) is 15.1. The third kappa shape index (κ3) is 4.82. The molecule has 0 fully saturated rings. The number of hydrogen-bond donors (Lipinski definition) is 1. The topological polar surface area (TPSA) is 81.5 Å². The largest absolute Gasteiger partial charge is 0.481 e. The van der Waals surface area contributed by atoms with Gasteiger partial charge in [-0.3, -0.25) is 14.9 Å². The van der Waals surface area contributed by atoms with E-state index in [-0.39, 0.29) is 17.0 Å². The molecule has 1 unspecified atom stereocenters. The van der Waals surface area contributed by atoms with E-state index in [4.69, 9.17) is 4.74 Å². The Balaban J connectivity index is 2.13. The lowest BCUT2D eigenvalue weighted by molar-refractivity contribution is -0.384. The first-order valence-electron chi connectivity index (χ1n) is 8.10. The summed E-state index contributed by atoms with van der Waals surface area (Å²) >= 11 is 3.24. The van der Waals surface area contributed by atoms with E-state index in [0.29, 0.717) is 15.9 Å². The SMILES string of the molecule is CC(Oc1ccccc1C(C)(C)C)C(=O)Nc1ccc([N+](=O)[O-])cc1Br. The Morgan fingerprint density at radius 1 is 1.23 bits per heavy atom. The van der Waals surface area contributed by atoms with Gasteiger partial charge in [0, 0.05) is 16.6 Å². The Hall–Kier alpha value is -2.41. The van der Waals surface area contributed by atoms with E-state index >= 15 is 0 Å². The summed E-state index contributed by atoms with van der Waals surface area (Å²) in [4.78, 5) is 22.8. The summed E-state index contributed by atoms with van der Waals surface area (Å²) in [6, 6.07) is 11.8. The highest BCUT2D eigenvalue weighted by Crippen LogP contribution is 2.32. The molecule has 0 radical (unpaired) electrons. The van der Waals surface area contributed by atoms with E-state index < -0.39 is 11.0 Å². The number of hydrogen-bond acceptors (Lipinski definition) is 4. The van der Waals surface area contributed by atoms with Crippen LogP contribution in [0.2, 0.25) is 0 Å². The molecule has 2 rings (SSSR count). The number of nitro benzene ring substituents is 1. The van der Waals surface area contributed by atoms with Crippen LogP contribution in [-0.4, -0.2) is 16.9 Å². The van der Waals surface area contributed by atoms with Crippen LogP contribution in [-0.2, 0) is 10.2 Å². The molecule has 2 aromatic rings. The lowest BCUT2D eigenvalue weighted by Gasteiger charge is -2.24. The summed E-state index contributed by atoms with van der Waals surface area (Å²) in [6.07, 6.45) is -0.736. The van der Waals surface area contributed by atoms with Gasteiger partial charge in [-0.15, -0.1) is 0 Å². The quantitative estimate of drug-likeness (QED) is 0.541. The van der Waals surface area contributed by atoms with Crippen LogP contribution < -0.4 is 10.1 Å². The maximum atomic E-state index is 12.5. The molecule has 138 valence electrons. The Labute approximate surface area is 160 Å². The summed E-state index contributed by atoms with van der Waals surface area (Å²) in [5.41, 5.74) is 1.28. The third-order valence-corrected chi connectivity index (χ3v) is 4.45. The Morgan fingerprint density at radius 3 is 2.46 bits per heavy atom. The van der Waals surface area contributed by atoms with Crippen LogP contribution in [0, 0.1) is 10.1 Å². The molecular formula is C19H21BrN2O4. The molecule has 26 heavy (non-hydrogen) atoms. The molecule has 0 heterocycles. The monoisotopic (exact) mass is 420 g/mol. The van der Waals surface area contributed by atoms with Crippen molar-refractivity contribution in [1.29, 1.82) is 0 Å². The van der Waals surface area contributed by atoms with Gasteiger partial charge in [-0.05, 0) is 46.0 Å². The van der Waals surface area contributed by atoms with Gasteiger partial charge in [0.05, 0.1) is 10.6 Å². The number of carbonyl (C=O) groups is 1. The second-order valence-electron chi connectivity index (χ2n) is 6.92. The van der Waals surface area contributed by atoms with Crippen molar-refractivity contribution in [2.45, 2.75) is 39.2 Å². The van der Waals surface area contributed by atoms with Gasteiger partial charge in [0.2, 0.25) is 0 Å². The maximum absolute atomic E-state index is 12.5. The minimum absolute atomic E-state index is 0.0572. The van der Waals surface area contributed by atoms with Gasteiger partial charge in [-0.1, -0.05) is 39.0 Å². The first-order valence-corrected chi connectivity index (χ1v) is 8.90. The zero-order chi connectivity index (χ0) is 19.5. The van der Waals surface area contributed by atoms with Gasteiger partial charge in [0.25, 0.3) is 11.6 Å². The van der Waals surface area contributed by atoms with Crippen LogP contribution in [0.4, 0.5) is 11.4 Å². The normalized spacial score (nSPS) is 12.3. The van der Waals surface area contributed by atoms with E-state index in [2.05, 4.69) is 42.0 Å². The molecule has 0 bridgehead atoms. The van der Waals surface area contributed by atoms with Crippen molar-refractivity contribution in [3.63, 3.8) is 0 Å². The Morgan fingerprint density at radius 2 is 1.88 bits per heavy atom. The first-order chi connectivity index (χ1) is 12.1. The number of carbonyl (C=O) groups excluding carboxylic acids is 1. The lowest BCUT2D eigenvalue weighted by Crippen LogP contribution is -2.31. The fourth-order valence-corrected chi connectivity index (χ4v) is 2.85. The number of nitro groups is 1. The summed E-state index contributed by atoms with van der Waals surface area (Å²) < 4.78 is 6.30. The number of rotatable bonds is 5. The molecule has 0 aliphatic carbocycles. The summed E-state index contributed by atoms with van der Waals surface area (Å²) in [5.74, 6) is 0.314. The molecule has 1 N–H and O–H groups in total. The average molecular weight is 421 g/mol. The van der Waals surface area contributed by atoms with Gasteiger partial charge in [-0.2, -0.15) is 0 Å². The number of para-hydroxylation sites is 1. The molecule has 0 spiro atoms. The summed E-state index contributed by atoms with van der Waals surface area (Å²) in [7, 11) is 0. The summed E-state index contributed by atoms with van der Waals surface area (Å²) in [5, 5.41) is 13.5. The highest BCUT2D eigenvalue weighted by atomic mass is 79.9. The molecule has 1 atom stereocenters. The molecule has 1 amide bonds. The van der Waals surface area contributed by atoms with Crippen molar-refractivity contribution in [3.05, 3.63) is 62.6 Å². The van der Waals surface area contributed by atoms with E-state index in [1.807, 2.05) is 24.3 Å². The second-order valence-corrected chi connectivity index (χ2v) is 7.77. The van der Waals surface area contributed by atoms with Gasteiger partial charge < -0.3 is 10.1 Å². The molecule has 6 nitrogen and oxygen atoms in total. The number of amides is 1. The Bertz CT molecular complexity index is 831. The van der Waals surface area contributed by atoms with Crippen LogP contribution in [0.15, 0.2) is 46.9 Å².